The number of nitrogens with one attached hydrogen (secondary N) is 1. The van der Waals surface area contributed by atoms with Crippen LogP contribution in [0, 0.1) is 11.3 Å². The molecule has 1 N–H and O–H groups in total. The van der Waals surface area contributed by atoms with Crippen LogP contribution in [0.2, 0.25) is 0 Å². The van der Waals surface area contributed by atoms with Crippen molar-refractivity contribution in [1.82, 2.24) is 14.8 Å². The van der Waals surface area contributed by atoms with Gasteiger partial charge < -0.3 is 0 Å². The quantitative estimate of drug-likeness (QED) is 0.677. The van der Waals surface area contributed by atoms with Gasteiger partial charge in [0.1, 0.15) is 0 Å². The molecule has 0 unspecified atom stereocenters. The predicted molar refractivity (Wildman–Crippen MR) is 93.7 cm³/mol. The third-order valence-corrected chi connectivity index (χ3v) is 4.11. The maximum Gasteiger partial charge on any atom is 0.280 e. The zero-order valence-corrected chi connectivity index (χ0v) is 13.5. The number of pyridine rings is 1. The van der Waals surface area contributed by atoms with Crippen molar-refractivity contribution < 1.29 is 0 Å². The Morgan fingerprint density at radius 1 is 1.46 bits per heavy atom. The van der Waals surface area contributed by atoms with E-state index in [4.69, 9.17) is 5.26 Å². The first-order chi connectivity index (χ1) is 11.6. The first-order valence-corrected chi connectivity index (χ1v) is 7.82. The van der Waals surface area contributed by atoms with Crippen LogP contribution in [-0.4, -0.2) is 14.8 Å². The largest absolute Gasteiger partial charge is 0.296 e. The molecule has 2 heterocycles. The van der Waals surface area contributed by atoms with Crippen LogP contribution >= 0.6 is 0 Å². The van der Waals surface area contributed by atoms with Gasteiger partial charge in [-0.15, -0.1) is 0 Å². The molecule has 0 aliphatic heterocycles. The third kappa shape index (κ3) is 3.13. The first kappa shape index (κ1) is 15.8. The van der Waals surface area contributed by atoms with Gasteiger partial charge in [0.05, 0.1) is 17.2 Å². The van der Waals surface area contributed by atoms with E-state index in [9.17, 15) is 4.79 Å². The fraction of sp³-hybridized carbons (Fsp3) is 0.211. The van der Waals surface area contributed by atoms with E-state index in [0.717, 1.165) is 5.57 Å². The molecule has 0 aromatic carbocycles. The summed E-state index contributed by atoms with van der Waals surface area (Å²) in [6, 6.07) is 5.91. The van der Waals surface area contributed by atoms with E-state index >= 15 is 0 Å². The molecule has 24 heavy (non-hydrogen) atoms. The minimum atomic E-state index is -0.166. The first-order valence-electron chi connectivity index (χ1n) is 7.82. The summed E-state index contributed by atoms with van der Waals surface area (Å²) in [6.45, 7) is 5.39. The van der Waals surface area contributed by atoms with Crippen molar-refractivity contribution in [2.45, 2.75) is 25.7 Å². The molecule has 0 spiro atoms. The van der Waals surface area contributed by atoms with Crippen molar-refractivity contribution in [1.29, 1.82) is 5.26 Å². The number of aromatic amines is 1. The molecule has 5 nitrogen and oxygen atoms in total. The molecule has 2 aromatic rings. The number of nitrogens with zero attached hydrogens (tertiary/aromatic N) is 3. The molecule has 0 atom stereocenters. The Morgan fingerprint density at radius 3 is 2.83 bits per heavy atom. The van der Waals surface area contributed by atoms with Crippen molar-refractivity contribution in [3.05, 3.63) is 76.4 Å². The molecule has 0 bridgehead atoms. The summed E-state index contributed by atoms with van der Waals surface area (Å²) < 4.78 is 1.42. The molecule has 0 saturated heterocycles. The van der Waals surface area contributed by atoms with Crippen LogP contribution in [0.25, 0.3) is 11.4 Å². The summed E-state index contributed by atoms with van der Waals surface area (Å²) in [5, 5.41) is 11.8. The van der Waals surface area contributed by atoms with E-state index in [1.165, 1.54) is 29.2 Å². The molecule has 120 valence electrons. The maximum atomic E-state index is 12.6. The molecular weight excluding hydrogens is 300 g/mol. The van der Waals surface area contributed by atoms with Crippen LogP contribution in [0.4, 0.5) is 0 Å². The second-order valence-electron chi connectivity index (χ2n) is 5.84. The highest BCUT2D eigenvalue weighted by Crippen LogP contribution is 2.39. The van der Waals surface area contributed by atoms with E-state index in [1.807, 2.05) is 31.3 Å². The molecule has 0 radical (unpaired) electrons. The smallest absolute Gasteiger partial charge is 0.280 e. The number of allylic oxidation sites excluding steroid dienone is 5. The third-order valence-electron chi connectivity index (χ3n) is 4.11. The average molecular weight is 318 g/mol. The fourth-order valence-corrected chi connectivity index (χ4v) is 2.47. The maximum absolute atomic E-state index is 12.6. The zero-order chi connectivity index (χ0) is 17.1. The molecule has 1 saturated carbocycles. The van der Waals surface area contributed by atoms with Gasteiger partial charge in [-0.05, 0) is 49.0 Å². The van der Waals surface area contributed by atoms with Crippen LogP contribution < -0.4 is 5.56 Å². The van der Waals surface area contributed by atoms with E-state index in [0.29, 0.717) is 22.9 Å². The van der Waals surface area contributed by atoms with Gasteiger partial charge in [0.25, 0.3) is 5.56 Å². The molecule has 1 aliphatic rings. The molecule has 0 amide bonds. The van der Waals surface area contributed by atoms with E-state index in [-0.39, 0.29) is 5.56 Å². The van der Waals surface area contributed by atoms with Crippen molar-refractivity contribution in [3.8, 4) is 11.9 Å². The second kappa shape index (κ2) is 6.55. The summed E-state index contributed by atoms with van der Waals surface area (Å²) in [5.41, 5.74) is 2.82. The summed E-state index contributed by atoms with van der Waals surface area (Å²) in [5.74, 6) is 1.21. The van der Waals surface area contributed by atoms with Gasteiger partial charge in [-0.3, -0.25) is 9.89 Å². The van der Waals surface area contributed by atoms with E-state index in [1.54, 1.807) is 18.3 Å². The number of rotatable bonds is 5. The van der Waals surface area contributed by atoms with Crippen molar-refractivity contribution in [2.24, 2.45) is 0 Å². The van der Waals surface area contributed by atoms with Crippen molar-refractivity contribution in [2.75, 3.05) is 0 Å². The van der Waals surface area contributed by atoms with Crippen LogP contribution in [0.1, 0.15) is 36.8 Å². The highest BCUT2D eigenvalue weighted by Gasteiger charge is 2.23. The molecule has 5 heteroatoms. The minimum absolute atomic E-state index is 0.166. The Hall–Kier alpha value is -3.13. The Kier molecular flexibility index (Phi) is 4.30. The van der Waals surface area contributed by atoms with Gasteiger partial charge >= 0.3 is 0 Å². The van der Waals surface area contributed by atoms with Gasteiger partial charge in [0.2, 0.25) is 0 Å². The summed E-state index contributed by atoms with van der Waals surface area (Å²) in [6.07, 6.45) is 10.8. The molecule has 1 aliphatic carbocycles. The van der Waals surface area contributed by atoms with Crippen molar-refractivity contribution in [3.63, 3.8) is 0 Å². The van der Waals surface area contributed by atoms with Gasteiger partial charge in [0.15, 0.2) is 5.82 Å². The average Bonchev–Trinajstić information content (AvgIpc) is 3.38. The lowest BCUT2D eigenvalue weighted by Crippen LogP contribution is -2.17. The number of hydrogen-bond donors (Lipinski definition) is 1. The molecular formula is C19H18N4O. The molecule has 3 rings (SSSR count). The Labute approximate surface area is 140 Å². The van der Waals surface area contributed by atoms with Crippen LogP contribution in [0.5, 0.6) is 0 Å². The minimum Gasteiger partial charge on any atom is -0.296 e. The number of aromatic nitrogens is 3. The SMILES string of the molecule is C=C/C(C#N)=C\C=C(/C)c1c[nH]n(-c2ccc(C3CC3)cn2)c1=O. The summed E-state index contributed by atoms with van der Waals surface area (Å²) in [7, 11) is 0. The van der Waals surface area contributed by atoms with E-state index < -0.39 is 0 Å². The second-order valence-corrected chi connectivity index (χ2v) is 5.84. The highest BCUT2D eigenvalue weighted by molar-refractivity contribution is 5.65. The van der Waals surface area contributed by atoms with Crippen molar-refractivity contribution >= 4 is 5.57 Å². The summed E-state index contributed by atoms with van der Waals surface area (Å²) >= 11 is 0. The monoisotopic (exact) mass is 318 g/mol. The van der Waals surface area contributed by atoms with Crippen LogP contribution in [-0.2, 0) is 0 Å². The van der Waals surface area contributed by atoms with Gasteiger partial charge in [-0.1, -0.05) is 24.8 Å². The molecule has 2 aromatic heterocycles. The Bertz CT molecular complexity index is 916. The fourth-order valence-electron chi connectivity index (χ4n) is 2.47. The highest BCUT2D eigenvalue weighted by atomic mass is 16.1. The topological polar surface area (TPSA) is 74.5 Å². The van der Waals surface area contributed by atoms with Gasteiger partial charge in [-0.2, -0.15) is 5.26 Å². The summed E-state index contributed by atoms with van der Waals surface area (Å²) in [4.78, 5) is 17.0. The predicted octanol–water partition coefficient (Wildman–Crippen LogP) is 3.48. The number of nitriles is 1. The van der Waals surface area contributed by atoms with Gasteiger partial charge in [-0.25, -0.2) is 9.67 Å². The lowest BCUT2D eigenvalue weighted by atomic mass is 10.1. The van der Waals surface area contributed by atoms with Gasteiger partial charge in [0, 0.05) is 12.4 Å². The lowest BCUT2D eigenvalue weighted by molar-refractivity contribution is 0.815. The lowest BCUT2D eigenvalue weighted by Gasteiger charge is -2.02. The van der Waals surface area contributed by atoms with Crippen LogP contribution in [0.15, 0.2) is 59.7 Å². The Morgan fingerprint density at radius 2 is 2.25 bits per heavy atom. The van der Waals surface area contributed by atoms with Crippen LogP contribution in [0.3, 0.4) is 0 Å². The Balaban J connectivity index is 1.89. The molecule has 1 fully saturated rings. The number of hydrogen-bond acceptors (Lipinski definition) is 3. The normalized spacial score (nSPS) is 15.2. The number of H-pyrrole nitrogens is 1. The standard InChI is InChI=1S/C19H18N4O/c1-3-14(10-20)5-4-13(2)17-12-22-23(19(17)24)18-9-8-16(11-21-18)15-6-7-15/h3-5,8-9,11-12,15,22H,1,6-7H2,2H3/b13-4+,14-5+. The van der Waals surface area contributed by atoms with E-state index in [2.05, 4.69) is 16.7 Å². The zero-order valence-electron chi connectivity index (χ0n) is 13.5.